The van der Waals surface area contributed by atoms with Crippen LogP contribution in [-0.2, 0) is 11.2 Å². The number of morpholine rings is 1. The maximum Gasteiger partial charge on any atom is 0.251 e. The molecule has 1 aromatic carbocycles. The Morgan fingerprint density at radius 1 is 1.15 bits per heavy atom. The molecule has 1 aromatic rings. The van der Waals surface area contributed by atoms with Crippen LogP contribution in [0.4, 0.5) is 0 Å². The minimum Gasteiger partial charge on any atom is -0.379 e. The fourth-order valence-electron chi connectivity index (χ4n) is 4.83. The van der Waals surface area contributed by atoms with Crippen LogP contribution in [0.3, 0.4) is 0 Å². The van der Waals surface area contributed by atoms with Crippen molar-refractivity contribution in [3.63, 3.8) is 0 Å². The monoisotopic (exact) mass is 571 g/mol. The molecule has 1 saturated carbocycles. The molecular formula is C25H42IN5O2. The van der Waals surface area contributed by atoms with Gasteiger partial charge in [0.2, 0.25) is 0 Å². The zero-order valence-electron chi connectivity index (χ0n) is 20.3. The van der Waals surface area contributed by atoms with E-state index in [2.05, 4.69) is 33.8 Å². The number of nitrogens with one attached hydrogen (secondary N) is 3. The lowest BCUT2D eigenvalue weighted by atomic mass is 9.73. The van der Waals surface area contributed by atoms with Crippen molar-refractivity contribution in [3.05, 3.63) is 35.4 Å². The predicted molar refractivity (Wildman–Crippen MR) is 146 cm³/mol. The lowest BCUT2D eigenvalue weighted by Gasteiger charge is -2.41. The van der Waals surface area contributed by atoms with Gasteiger partial charge in [-0.3, -0.25) is 14.7 Å². The average molecular weight is 572 g/mol. The summed E-state index contributed by atoms with van der Waals surface area (Å²) < 4.78 is 5.55. The third-order valence-corrected chi connectivity index (χ3v) is 6.62. The third kappa shape index (κ3) is 9.05. The molecule has 8 heteroatoms. The molecule has 0 aromatic heterocycles. The van der Waals surface area contributed by atoms with E-state index in [-0.39, 0.29) is 35.3 Å². The molecule has 1 saturated heterocycles. The first-order valence-corrected chi connectivity index (χ1v) is 12.3. The minimum absolute atomic E-state index is 0. The lowest BCUT2D eigenvalue weighted by Crippen LogP contribution is -2.46. The van der Waals surface area contributed by atoms with Gasteiger partial charge in [-0.1, -0.05) is 31.4 Å². The highest BCUT2D eigenvalue weighted by Gasteiger charge is 2.34. The topological polar surface area (TPSA) is 78.0 Å². The van der Waals surface area contributed by atoms with E-state index in [9.17, 15) is 4.79 Å². The Bertz CT molecular complexity index is 746. The van der Waals surface area contributed by atoms with Gasteiger partial charge in [0.1, 0.15) is 0 Å². The number of halogens is 1. The SMILES string of the molecule is CCNC(=NCC1(CN2CCOCC2)CCCCC1)NCCc1cccc(C(=O)NC)c1.I. The van der Waals surface area contributed by atoms with Crippen molar-refractivity contribution in [1.29, 1.82) is 0 Å². The number of carbonyl (C=O) groups excluding carboxylic acids is 1. The van der Waals surface area contributed by atoms with Crippen LogP contribution in [0.1, 0.15) is 54.9 Å². The van der Waals surface area contributed by atoms with E-state index in [1.165, 1.54) is 32.1 Å². The summed E-state index contributed by atoms with van der Waals surface area (Å²) in [5.41, 5.74) is 2.12. The fraction of sp³-hybridized carbons (Fsp3) is 0.680. The molecule has 33 heavy (non-hydrogen) atoms. The van der Waals surface area contributed by atoms with Gasteiger partial charge in [0.25, 0.3) is 5.91 Å². The second-order valence-corrected chi connectivity index (χ2v) is 9.10. The Hall–Kier alpha value is -1.39. The van der Waals surface area contributed by atoms with Crippen LogP contribution in [0.15, 0.2) is 29.3 Å². The van der Waals surface area contributed by atoms with Gasteiger partial charge in [-0.15, -0.1) is 24.0 Å². The second kappa shape index (κ2) is 14.8. The van der Waals surface area contributed by atoms with Crippen LogP contribution in [0.2, 0.25) is 0 Å². The molecular weight excluding hydrogens is 529 g/mol. The highest BCUT2D eigenvalue weighted by atomic mass is 127. The van der Waals surface area contributed by atoms with Gasteiger partial charge in [0.15, 0.2) is 5.96 Å². The molecule has 186 valence electrons. The van der Waals surface area contributed by atoms with Crippen molar-refractivity contribution >= 4 is 35.8 Å². The van der Waals surface area contributed by atoms with E-state index in [1.807, 2.05) is 18.2 Å². The first-order chi connectivity index (χ1) is 15.6. The van der Waals surface area contributed by atoms with E-state index in [4.69, 9.17) is 9.73 Å². The van der Waals surface area contributed by atoms with Gasteiger partial charge >= 0.3 is 0 Å². The van der Waals surface area contributed by atoms with Crippen LogP contribution < -0.4 is 16.0 Å². The van der Waals surface area contributed by atoms with Gasteiger partial charge in [0, 0.05) is 57.3 Å². The number of nitrogens with zero attached hydrogens (tertiary/aromatic N) is 2. The number of rotatable bonds is 9. The molecule has 0 unspecified atom stereocenters. The molecule has 1 heterocycles. The van der Waals surface area contributed by atoms with Crippen LogP contribution in [-0.4, -0.2) is 76.3 Å². The zero-order chi connectivity index (χ0) is 22.7. The zero-order valence-corrected chi connectivity index (χ0v) is 22.7. The Morgan fingerprint density at radius 3 is 2.61 bits per heavy atom. The minimum atomic E-state index is -0.0484. The molecule has 2 fully saturated rings. The highest BCUT2D eigenvalue weighted by molar-refractivity contribution is 14.0. The van der Waals surface area contributed by atoms with Crippen molar-refractivity contribution in [1.82, 2.24) is 20.9 Å². The van der Waals surface area contributed by atoms with Gasteiger partial charge in [-0.05, 0) is 43.9 Å². The first kappa shape index (κ1) is 27.9. The van der Waals surface area contributed by atoms with Gasteiger partial charge < -0.3 is 20.7 Å². The van der Waals surface area contributed by atoms with Crippen LogP contribution in [0.25, 0.3) is 0 Å². The summed E-state index contributed by atoms with van der Waals surface area (Å²) in [5, 5.41) is 9.59. The summed E-state index contributed by atoms with van der Waals surface area (Å²) in [7, 11) is 1.66. The first-order valence-electron chi connectivity index (χ1n) is 12.3. The molecule has 3 N–H and O–H groups in total. The summed E-state index contributed by atoms with van der Waals surface area (Å²) in [5.74, 6) is 0.842. The number of hydrogen-bond donors (Lipinski definition) is 3. The average Bonchev–Trinajstić information content (AvgIpc) is 2.83. The molecule has 0 atom stereocenters. The number of ether oxygens (including phenoxy) is 1. The van der Waals surface area contributed by atoms with Gasteiger partial charge in [0.05, 0.1) is 13.2 Å². The van der Waals surface area contributed by atoms with Crippen LogP contribution in [0.5, 0.6) is 0 Å². The Balaban J connectivity index is 0.00000385. The van der Waals surface area contributed by atoms with Crippen LogP contribution >= 0.6 is 24.0 Å². The molecule has 2 aliphatic rings. The second-order valence-electron chi connectivity index (χ2n) is 9.10. The number of hydrogen-bond acceptors (Lipinski definition) is 4. The summed E-state index contributed by atoms with van der Waals surface area (Å²) in [4.78, 5) is 19.5. The van der Waals surface area contributed by atoms with Gasteiger partial charge in [-0.25, -0.2) is 0 Å². The number of benzene rings is 1. The van der Waals surface area contributed by atoms with Crippen LogP contribution in [0, 0.1) is 5.41 Å². The van der Waals surface area contributed by atoms with E-state index >= 15 is 0 Å². The van der Waals surface area contributed by atoms with Gasteiger partial charge in [-0.2, -0.15) is 0 Å². The smallest absolute Gasteiger partial charge is 0.251 e. The van der Waals surface area contributed by atoms with E-state index in [1.54, 1.807) is 7.05 Å². The number of carbonyl (C=O) groups is 1. The standard InChI is InChI=1S/C25H41N5O2.HI/c1-3-27-24(28-13-10-21-8-7-9-22(18-21)23(31)26-2)29-19-25(11-5-4-6-12-25)20-30-14-16-32-17-15-30;/h7-9,18H,3-6,10-17,19-20H2,1-2H3,(H,26,31)(H2,27,28,29);1H. The molecule has 3 rings (SSSR count). The van der Waals surface area contributed by atoms with Crippen molar-refractivity contribution in [3.8, 4) is 0 Å². The molecule has 1 aliphatic heterocycles. The molecule has 1 amide bonds. The summed E-state index contributed by atoms with van der Waals surface area (Å²) in [6, 6.07) is 7.82. The third-order valence-electron chi connectivity index (χ3n) is 6.62. The predicted octanol–water partition coefficient (Wildman–Crippen LogP) is 3.04. The van der Waals surface area contributed by atoms with E-state index in [0.717, 1.165) is 70.4 Å². The fourth-order valence-corrected chi connectivity index (χ4v) is 4.83. The normalized spacial score (nSPS) is 18.8. The number of aliphatic imine (C=N–C) groups is 1. The highest BCUT2D eigenvalue weighted by Crippen LogP contribution is 2.37. The Kier molecular flexibility index (Phi) is 12.5. The molecule has 0 spiro atoms. The largest absolute Gasteiger partial charge is 0.379 e. The maximum atomic E-state index is 11.9. The molecule has 1 aliphatic carbocycles. The summed E-state index contributed by atoms with van der Waals surface area (Å²) in [6.07, 6.45) is 7.34. The number of amides is 1. The summed E-state index contributed by atoms with van der Waals surface area (Å²) in [6.45, 7) is 9.51. The van der Waals surface area contributed by atoms with E-state index < -0.39 is 0 Å². The van der Waals surface area contributed by atoms with Crippen molar-refractivity contribution in [2.45, 2.75) is 45.4 Å². The maximum absolute atomic E-state index is 11.9. The van der Waals surface area contributed by atoms with E-state index in [0.29, 0.717) is 5.56 Å². The Morgan fingerprint density at radius 2 is 1.91 bits per heavy atom. The lowest BCUT2D eigenvalue weighted by molar-refractivity contribution is 0.00937. The number of guanidine groups is 1. The summed E-state index contributed by atoms with van der Waals surface area (Å²) >= 11 is 0. The Labute approximate surface area is 216 Å². The molecule has 0 bridgehead atoms. The molecule has 7 nitrogen and oxygen atoms in total. The van der Waals surface area contributed by atoms with Crippen molar-refractivity contribution < 1.29 is 9.53 Å². The molecule has 0 radical (unpaired) electrons. The van der Waals surface area contributed by atoms with Crippen molar-refractivity contribution in [2.75, 3.05) is 59.5 Å². The quantitative estimate of drug-likeness (QED) is 0.242. The van der Waals surface area contributed by atoms with Crippen molar-refractivity contribution in [2.24, 2.45) is 10.4 Å².